The van der Waals surface area contributed by atoms with Gasteiger partial charge in [-0.25, -0.2) is 17.4 Å². The highest BCUT2D eigenvalue weighted by Gasteiger charge is 2.28. The Kier molecular flexibility index (Phi) is 4.08. The van der Waals surface area contributed by atoms with Crippen LogP contribution in [0.5, 0.6) is 5.75 Å². The molecule has 3 aromatic rings. The van der Waals surface area contributed by atoms with Gasteiger partial charge < -0.3 is 14.8 Å². The molecule has 1 aromatic carbocycles. The summed E-state index contributed by atoms with van der Waals surface area (Å²) in [7, 11) is -4.39. The molecule has 124 valence electrons. The van der Waals surface area contributed by atoms with Crippen molar-refractivity contribution in [1.29, 1.82) is 0 Å². The number of nitrogens with zero attached hydrogens (tertiary/aromatic N) is 2. The number of benzene rings is 1. The molecule has 0 aliphatic carbocycles. The molecule has 2 heterocycles. The number of aryl methyl sites for hydroxylation is 1. The molecule has 2 N–H and O–H groups in total. The summed E-state index contributed by atoms with van der Waals surface area (Å²) in [4.78, 5) is 4.16. The quantitative estimate of drug-likeness (QED) is 0.658. The Balaban J connectivity index is 2.32. The maximum Gasteiger partial charge on any atom is 0.490 e. The summed E-state index contributed by atoms with van der Waals surface area (Å²) >= 11 is 0. The first kappa shape index (κ1) is 16.5. The lowest BCUT2D eigenvalue weighted by atomic mass is 9.80. The fourth-order valence-electron chi connectivity index (χ4n) is 2.50. The Morgan fingerprint density at radius 3 is 2.42 bits per heavy atom. The van der Waals surface area contributed by atoms with Crippen LogP contribution < -0.4 is 10.2 Å². The van der Waals surface area contributed by atoms with Gasteiger partial charge in [0, 0.05) is 17.9 Å². The number of rotatable bonds is 4. The molecular formula is C15H15BN2O5S. The van der Waals surface area contributed by atoms with E-state index < -0.39 is 17.1 Å². The first-order valence-corrected chi connectivity index (χ1v) is 8.52. The zero-order valence-electron chi connectivity index (χ0n) is 13.0. The minimum Gasteiger partial charge on any atom is -0.496 e. The summed E-state index contributed by atoms with van der Waals surface area (Å²) in [5.74, 6) is 0.306. The van der Waals surface area contributed by atoms with E-state index in [1.54, 1.807) is 12.1 Å². The Bertz CT molecular complexity index is 997. The number of pyridine rings is 1. The topological polar surface area (TPSA) is 102 Å². The number of fused-ring (bicyclic) bond motifs is 1. The molecule has 7 nitrogen and oxygen atoms in total. The van der Waals surface area contributed by atoms with Crippen LogP contribution in [0, 0.1) is 6.92 Å². The van der Waals surface area contributed by atoms with Crippen molar-refractivity contribution in [3.8, 4) is 5.75 Å². The third-order valence-corrected chi connectivity index (χ3v) is 5.39. The fraction of sp³-hybridized carbons (Fsp3) is 0.133. The molecule has 0 unspecified atom stereocenters. The van der Waals surface area contributed by atoms with Crippen molar-refractivity contribution in [3.63, 3.8) is 0 Å². The molecule has 2 aromatic heterocycles. The molecule has 9 heteroatoms. The maximum atomic E-state index is 12.9. The van der Waals surface area contributed by atoms with Crippen LogP contribution in [-0.4, -0.2) is 41.7 Å². The molecule has 0 radical (unpaired) electrons. The third kappa shape index (κ3) is 2.56. The molecule has 0 saturated carbocycles. The fourth-order valence-corrected chi connectivity index (χ4v) is 3.82. The SMILES string of the molecule is COc1ccnc2c1c(B(O)O)cn2S(=O)(=O)c1ccc(C)cc1. The van der Waals surface area contributed by atoms with Crippen LogP contribution in [0.3, 0.4) is 0 Å². The largest absolute Gasteiger partial charge is 0.496 e. The van der Waals surface area contributed by atoms with E-state index in [4.69, 9.17) is 4.74 Å². The van der Waals surface area contributed by atoms with E-state index in [2.05, 4.69) is 4.98 Å². The van der Waals surface area contributed by atoms with Crippen LogP contribution in [0.2, 0.25) is 0 Å². The monoisotopic (exact) mass is 346 g/mol. The number of hydrogen-bond acceptors (Lipinski definition) is 6. The van der Waals surface area contributed by atoms with Crippen molar-refractivity contribution in [3.05, 3.63) is 48.3 Å². The second kappa shape index (κ2) is 5.93. The molecular weight excluding hydrogens is 331 g/mol. The van der Waals surface area contributed by atoms with Gasteiger partial charge in [0.15, 0.2) is 5.65 Å². The second-order valence-corrected chi connectivity index (χ2v) is 7.10. The molecule has 0 bridgehead atoms. The van der Waals surface area contributed by atoms with E-state index in [1.807, 2.05) is 6.92 Å². The van der Waals surface area contributed by atoms with E-state index in [-0.39, 0.29) is 21.4 Å². The second-order valence-electron chi connectivity index (χ2n) is 5.28. The van der Waals surface area contributed by atoms with Crippen molar-refractivity contribution in [2.75, 3.05) is 7.11 Å². The molecule has 0 amide bonds. The van der Waals surface area contributed by atoms with Crippen LogP contribution in [0.15, 0.2) is 47.6 Å². The van der Waals surface area contributed by atoms with Gasteiger partial charge in [0.05, 0.1) is 17.4 Å². The van der Waals surface area contributed by atoms with Gasteiger partial charge in [-0.05, 0) is 25.1 Å². The summed E-state index contributed by atoms with van der Waals surface area (Å²) in [6.45, 7) is 1.86. The van der Waals surface area contributed by atoms with Gasteiger partial charge in [0.1, 0.15) is 5.75 Å². The predicted octanol–water partition coefficient (Wildman–Crippen LogP) is 0.270. The summed E-state index contributed by atoms with van der Waals surface area (Å²) in [5, 5.41) is 19.4. The van der Waals surface area contributed by atoms with Crippen LogP contribution >= 0.6 is 0 Å². The average molecular weight is 346 g/mol. The molecule has 0 aliphatic rings. The minimum atomic E-state index is -3.94. The lowest BCUT2D eigenvalue weighted by Gasteiger charge is -2.08. The van der Waals surface area contributed by atoms with Crippen LogP contribution in [-0.2, 0) is 10.0 Å². The van der Waals surface area contributed by atoms with E-state index >= 15 is 0 Å². The molecule has 3 rings (SSSR count). The standard InChI is InChI=1S/C15H15BN2O5S/c1-10-3-5-11(6-4-10)24(21,22)18-9-12(16(19)20)14-13(23-2)7-8-17-15(14)18/h3-9,19-20H,1-2H3. The van der Waals surface area contributed by atoms with E-state index in [0.29, 0.717) is 5.75 Å². The van der Waals surface area contributed by atoms with Crippen LogP contribution in [0.4, 0.5) is 0 Å². The molecule has 24 heavy (non-hydrogen) atoms. The lowest BCUT2D eigenvalue weighted by molar-refractivity contribution is 0.417. The molecule has 0 spiro atoms. The highest BCUT2D eigenvalue weighted by Crippen LogP contribution is 2.26. The third-order valence-electron chi connectivity index (χ3n) is 3.72. The lowest BCUT2D eigenvalue weighted by Crippen LogP contribution is -2.29. The summed E-state index contributed by atoms with van der Waals surface area (Å²) < 4.78 is 32.0. The average Bonchev–Trinajstić information content (AvgIpc) is 2.96. The highest BCUT2D eigenvalue weighted by atomic mass is 32.2. The predicted molar refractivity (Wildman–Crippen MR) is 89.9 cm³/mol. The maximum absolute atomic E-state index is 12.9. The summed E-state index contributed by atoms with van der Waals surface area (Å²) in [5.41, 5.74) is 1.00. The van der Waals surface area contributed by atoms with Gasteiger partial charge in [-0.3, -0.25) is 0 Å². The Morgan fingerprint density at radius 1 is 1.17 bits per heavy atom. The Labute approximate surface area is 139 Å². The Morgan fingerprint density at radius 2 is 1.83 bits per heavy atom. The first-order chi connectivity index (χ1) is 11.4. The zero-order valence-corrected chi connectivity index (χ0v) is 13.9. The number of ether oxygens (including phenoxy) is 1. The Hall–Kier alpha value is -2.36. The van der Waals surface area contributed by atoms with E-state index in [9.17, 15) is 18.5 Å². The number of hydrogen-bond donors (Lipinski definition) is 2. The van der Waals surface area contributed by atoms with Gasteiger partial charge >= 0.3 is 7.12 Å². The van der Waals surface area contributed by atoms with E-state index in [1.165, 1.54) is 31.5 Å². The first-order valence-electron chi connectivity index (χ1n) is 7.08. The van der Waals surface area contributed by atoms with Crippen LogP contribution in [0.25, 0.3) is 11.0 Å². The number of aromatic nitrogens is 2. The highest BCUT2D eigenvalue weighted by molar-refractivity contribution is 7.90. The van der Waals surface area contributed by atoms with Crippen molar-refractivity contribution in [1.82, 2.24) is 8.96 Å². The smallest absolute Gasteiger partial charge is 0.490 e. The van der Waals surface area contributed by atoms with Gasteiger partial charge in [-0.1, -0.05) is 17.7 Å². The zero-order chi connectivity index (χ0) is 17.5. The van der Waals surface area contributed by atoms with Crippen molar-refractivity contribution in [2.45, 2.75) is 11.8 Å². The van der Waals surface area contributed by atoms with E-state index in [0.717, 1.165) is 15.7 Å². The van der Waals surface area contributed by atoms with Gasteiger partial charge in [0.25, 0.3) is 10.0 Å². The van der Waals surface area contributed by atoms with Gasteiger partial charge in [-0.2, -0.15) is 0 Å². The normalized spacial score (nSPS) is 11.7. The molecule has 0 aliphatic heterocycles. The summed E-state index contributed by atoms with van der Waals surface area (Å²) in [6.07, 6.45) is 2.55. The van der Waals surface area contributed by atoms with Gasteiger partial charge in [-0.15, -0.1) is 0 Å². The van der Waals surface area contributed by atoms with Crippen molar-refractivity contribution < 1.29 is 23.2 Å². The molecule has 0 atom stereocenters. The summed E-state index contributed by atoms with van der Waals surface area (Å²) in [6, 6.07) is 7.89. The number of methoxy groups -OCH3 is 1. The van der Waals surface area contributed by atoms with Crippen molar-refractivity contribution >= 4 is 33.6 Å². The molecule has 0 saturated heterocycles. The molecule has 0 fully saturated rings. The van der Waals surface area contributed by atoms with Crippen molar-refractivity contribution in [2.24, 2.45) is 0 Å². The van der Waals surface area contributed by atoms with Gasteiger partial charge in [0.2, 0.25) is 0 Å². The van der Waals surface area contributed by atoms with Crippen LogP contribution in [0.1, 0.15) is 5.56 Å². The minimum absolute atomic E-state index is 0.00522.